The molecular weight excluding hydrogens is 497 g/mol. The Kier molecular flexibility index (Phi) is 8.39. The van der Waals surface area contributed by atoms with Gasteiger partial charge >= 0.3 is 6.09 Å². The highest BCUT2D eigenvalue weighted by atomic mass is 19.1. The number of carbonyl (C=O) groups excluding carboxylic acids is 3. The highest BCUT2D eigenvalue weighted by Gasteiger charge is 2.25. The number of nitrogens with two attached hydrogens (primary N) is 1. The lowest BCUT2D eigenvalue weighted by molar-refractivity contribution is 0.0533. The average Bonchev–Trinajstić information content (AvgIpc) is 3.38. The van der Waals surface area contributed by atoms with Crippen molar-refractivity contribution < 1.29 is 28.2 Å². The number of halogens is 1. The van der Waals surface area contributed by atoms with Gasteiger partial charge < -0.3 is 25.1 Å². The zero-order valence-electron chi connectivity index (χ0n) is 22.2. The number of imidazole rings is 1. The Hall–Kier alpha value is -4.42. The van der Waals surface area contributed by atoms with E-state index < -0.39 is 34.9 Å². The molecule has 0 bridgehead atoms. The van der Waals surface area contributed by atoms with Gasteiger partial charge in [0.25, 0.3) is 11.8 Å². The first-order valence-corrected chi connectivity index (χ1v) is 11.9. The summed E-state index contributed by atoms with van der Waals surface area (Å²) >= 11 is 0. The lowest BCUT2D eigenvalue weighted by atomic mass is 10.1. The summed E-state index contributed by atoms with van der Waals surface area (Å²) in [6, 6.07) is 2.81. The van der Waals surface area contributed by atoms with Crippen LogP contribution >= 0.6 is 0 Å². The Bertz CT molecular complexity index is 1400. The van der Waals surface area contributed by atoms with E-state index in [1.54, 1.807) is 45.9 Å². The number of rotatable bonds is 9. The molecule has 13 heteroatoms. The SMILES string of the molecule is CCn1nc(C)cc1C(=O)Nc1nc2c(F)c(C(N)=O)cc(OC)c2n1C/C=C/CNC(=O)OC(C)(C)C. The van der Waals surface area contributed by atoms with Gasteiger partial charge in [-0.05, 0) is 46.8 Å². The topological polar surface area (TPSA) is 155 Å². The number of methoxy groups -OCH3 is 1. The van der Waals surface area contributed by atoms with Gasteiger partial charge in [0.15, 0.2) is 5.82 Å². The number of aromatic nitrogens is 4. The van der Waals surface area contributed by atoms with Crippen molar-refractivity contribution in [2.75, 3.05) is 19.0 Å². The van der Waals surface area contributed by atoms with Crippen molar-refractivity contribution >= 4 is 34.9 Å². The van der Waals surface area contributed by atoms with E-state index in [-0.39, 0.29) is 35.8 Å². The van der Waals surface area contributed by atoms with Crippen LogP contribution in [0.1, 0.15) is 54.2 Å². The average molecular weight is 530 g/mol. The van der Waals surface area contributed by atoms with Crippen LogP contribution in [-0.2, 0) is 17.8 Å². The number of carbonyl (C=O) groups is 3. The molecule has 0 aliphatic heterocycles. The van der Waals surface area contributed by atoms with Crippen molar-refractivity contribution in [1.82, 2.24) is 24.6 Å². The maximum atomic E-state index is 15.2. The fraction of sp³-hybridized carbons (Fsp3) is 0.400. The third-order valence-electron chi connectivity index (χ3n) is 5.28. The van der Waals surface area contributed by atoms with Crippen molar-refractivity contribution in [3.05, 3.63) is 47.1 Å². The van der Waals surface area contributed by atoms with Crippen molar-refractivity contribution in [1.29, 1.82) is 0 Å². The molecule has 204 valence electrons. The van der Waals surface area contributed by atoms with Crippen LogP contribution in [0.3, 0.4) is 0 Å². The van der Waals surface area contributed by atoms with Crippen LogP contribution < -0.4 is 21.1 Å². The summed E-state index contributed by atoms with van der Waals surface area (Å²) in [7, 11) is 1.36. The van der Waals surface area contributed by atoms with E-state index in [0.29, 0.717) is 17.9 Å². The van der Waals surface area contributed by atoms with E-state index in [0.717, 1.165) is 0 Å². The maximum Gasteiger partial charge on any atom is 0.407 e. The van der Waals surface area contributed by atoms with Gasteiger partial charge in [0, 0.05) is 19.6 Å². The van der Waals surface area contributed by atoms with Gasteiger partial charge in [-0.2, -0.15) is 5.10 Å². The van der Waals surface area contributed by atoms with Crippen LogP contribution in [-0.4, -0.2) is 56.5 Å². The maximum absolute atomic E-state index is 15.2. The first kappa shape index (κ1) is 28.2. The van der Waals surface area contributed by atoms with Gasteiger partial charge in [-0.3, -0.25) is 19.6 Å². The number of ether oxygens (including phenoxy) is 2. The second-order valence-electron chi connectivity index (χ2n) is 9.34. The molecule has 2 aromatic heterocycles. The predicted octanol–water partition coefficient (Wildman–Crippen LogP) is 3.14. The number of anilines is 1. The van der Waals surface area contributed by atoms with E-state index in [9.17, 15) is 14.4 Å². The third kappa shape index (κ3) is 6.28. The molecule has 0 fully saturated rings. The fourth-order valence-electron chi connectivity index (χ4n) is 3.71. The Morgan fingerprint density at radius 2 is 1.92 bits per heavy atom. The molecule has 3 aromatic rings. The quantitative estimate of drug-likeness (QED) is 0.360. The van der Waals surface area contributed by atoms with E-state index in [1.165, 1.54) is 22.4 Å². The summed E-state index contributed by atoms with van der Waals surface area (Å²) < 4.78 is 28.9. The summed E-state index contributed by atoms with van der Waals surface area (Å²) in [6.07, 6.45) is 2.78. The van der Waals surface area contributed by atoms with Crippen LogP contribution in [0.2, 0.25) is 0 Å². The zero-order valence-corrected chi connectivity index (χ0v) is 22.2. The lowest BCUT2D eigenvalue weighted by Gasteiger charge is -2.19. The molecule has 38 heavy (non-hydrogen) atoms. The molecule has 2 heterocycles. The minimum Gasteiger partial charge on any atom is -0.494 e. The van der Waals surface area contributed by atoms with E-state index in [4.69, 9.17) is 15.2 Å². The molecular formula is C25H32FN7O5. The minimum atomic E-state index is -0.988. The van der Waals surface area contributed by atoms with Crippen molar-refractivity contribution in [3.63, 3.8) is 0 Å². The standard InChI is InChI=1S/C25H32FN7O5/c1-7-33-16(12-14(2)31-33)22(35)30-23-29-19-18(26)15(21(27)34)13-17(37-6)20(19)32(23)11-9-8-10-28-24(36)38-25(3,4)5/h8-9,12-13H,7,10-11H2,1-6H3,(H2,27,34)(H,28,36)(H,29,30,35)/b9-8+. The number of hydrogen-bond donors (Lipinski definition) is 3. The fourth-order valence-corrected chi connectivity index (χ4v) is 3.71. The third-order valence-corrected chi connectivity index (χ3v) is 5.28. The monoisotopic (exact) mass is 529 g/mol. The number of allylic oxidation sites excluding steroid dienone is 1. The molecule has 3 amide bonds. The van der Waals surface area contributed by atoms with Crippen LogP contribution in [0.25, 0.3) is 11.0 Å². The molecule has 0 saturated carbocycles. The first-order chi connectivity index (χ1) is 17.9. The number of aryl methyl sites for hydroxylation is 2. The first-order valence-electron chi connectivity index (χ1n) is 11.9. The van der Waals surface area contributed by atoms with Gasteiger partial charge in [-0.25, -0.2) is 14.2 Å². The number of alkyl carbamates (subject to hydrolysis) is 1. The summed E-state index contributed by atoms with van der Waals surface area (Å²) in [5.74, 6) is -2.28. The minimum absolute atomic E-state index is 0.00933. The predicted molar refractivity (Wildman–Crippen MR) is 139 cm³/mol. The molecule has 0 unspecified atom stereocenters. The second kappa shape index (κ2) is 11.3. The Morgan fingerprint density at radius 1 is 1.21 bits per heavy atom. The Balaban J connectivity index is 1.98. The number of fused-ring (bicyclic) bond motifs is 1. The van der Waals surface area contributed by atoms with Crippen LogP contribution in [0.5, 0.6) is 5.75 Å². The molecule has 1 aromatic carbocycles. The van der Waals surface area contributed by atoms with E-state index in [1.807, 2.05) is 6.92 Å². The molecule has 0 aliphatic carbocycles. The lowest BCUT2D eigenvalue weighted by Crippen LogP contribution is -2.32. The molecule has 0 saturated heterocycles. The van der Waals surface area contributed by atoms with Gasteiger partial charge in [-0.1, -0.05) is 12.2 Å². The van der Waals surface area contributed by atoms with Gasteiger partial charge in [0.1, 0.15) is 28.1 Å². The van der Waals surface area contributed by atoms with Crippen molar-refractivity contribution in [3.8, 4) is 5.75 Å². The molecule has 0 radical (unpaired) electrons. The Labute approximate surface area is 219 Å². The number of nitrogens with zero attached hydrogens (tertiary/aromatic N) is 4. The zero-order chi connectivity index (χ0) is 28.2. The summed E-state index contributed by atoms with van der Waals surface area (Å²) in [5, 5.41) is 9.59. The Morgan fingerprint density at radius 3 is 2.53 bits per heavy atom. The van der Waals surface area contributed by atoms with E-state index >= 15 is 4.39 Å². The smallest absolute Gasteiger partial charge is 0.407 e. The highest BCUT2D eigenvalue weighted by molar-refractivity contribution is 6.04. The molecule has 3 rings (SSSR count). The number of amides is 3. The van der Waals surface area contributed by atoms with Crippen molar-refractivity contribution in [2.24, 2.45) is 5.73 Å². The molecule has 0 atom stereocenters. The molecule has 12 nitrogen and oxygen atoms in total. The van der Waals surface area contributed by atoms with Gasteiger partial charge in [0.2, 0.25) is 5.95 Å². The summed E-state index contributed by atoms with van der Waals surface area (Å²) in [5.41, 5.74) is 5.27. The van der Waals surface area contributed by atoms with Crippen LogP contribution in [0.4, 0.5) is 15.1 Å². The normalized spacial score (nSPS) is 11.7. The van der Waals surface area contributed by atoms with Crippen molar-refractivity contribution in [2.45, 2.75) is 53.3 Å². The number of nitrogens with one attached hydrogen (secondary N) is 2. The molecule has 0 spiro atoms. The number of benzene rings is 1. The van der Waals surface area contributed by atoms with Crippen LogP contribution in [0, 0.1) is 12.7 Å². The van der Waals surface area contributed by atoms with Crippen LogP contribution in [0.15, 0.2) is 24.3 Å². The number of hydrogen-bond acceptors (Lipinski definition) is 7. The number of primary amides is 1. The van der Waals surface area contributed by atoms with E-state index in [2.05, 4.69) is 20.7 Å². The second-order valence-corrected chi connectivity index (χ2v) is 9.34. The highest BCUT2D eigenvalue weighted by Crippen LogP contribution is 2.33. The summed E-state index contributed by atoms with van der Waals surface area (Å²) in [4.78, 5) is 41.1. The molecule has 4 N–H and O–H groups in total. The largest absolute Gasteiger partial charge is 0.494 e. The summed E-state index contributed by atoms with van der Waals surface area (Å²) in [6.45, 7) is 9.62. The van der Waals surface area contributed by atoms with Gasteiger partial charge in [0.05, 0.1) is 18.4 Å². The van der Waals surface area contributed by atoms with Gasteiger partial charge in [-0.15, -0.1) is 0 Å². The molecule has 0 aliphatic rings.